The standard InChI is InChI=1S/C17H19N3OS/c1-17(15(21)18-16(19-17)22-2)20(13-9-5-3-6-10-13)14-11-7-4-8-12-14/h3-12,16,19H,1-2H3,(H,18,21). The summed E-state index contributed by atoms with van der Waals surface area (Å²) >= 11 is 1.58. The van der Waals surface area contributed by atoms with Crippen LogP contribution in [0.5, 0.6) is 0 Å². The van der Waals surface area contributed by atoms with Crippen LogP contribution in [-0.4, -0.2) is 23.3 Å². The van der Waals surface area contributed by atoms with Crippen LogP contribution in [0.25, 0.3) is 0 Å². The molecule has 0 bridgehead atoms. The number of nitrogens with zero attached hydrogens (tertiary/aromatic N) is 1. The lowest BCUT2D eigenvalue weighted by molar-refractivity contribution is -0.123. The number of nitrogens with one attached hydrogen (secondary N) is 2. The number of para-hydroxylation sites is 2. The first kappa shape index (κ1) is 14.9. The fourth-order valence-electron chi connectivity index (χ4n) is 2.72. The van der Waals surface area contributed by atoms with Gasteiger partial charge in [-0.1, -0.05) is 36.4 Å². The summed E-state index contributed by atoms with van der Waals surface area (Å²) in [4.78, 5) is 14.7. The second-order valence-electron chi connectivity index (χ2n) is 5.31. The van der Waals surface area contributed by atoms with Crippen molar-refractivity contribution in [3.8, 4) is 0 Å². The Bertz CT molecular complexity index is 610. The monoisotopic (exact) mass is 313 g/mol. The van der Waals surface area contributed by atoms with Crippen LogP contribution >= 0.6 is 11.8 Å². The summed E-state index contributed by atoms with van der Waals surface area (Å²) in [6.07, 6.45) is 1.97. The van der Waals surface area contributed by atoms with Gasteiger partial charge in [0.1, 0.15) is 5.50 Å². The van der Waals surface area contributed by atoms with E-state index < -0.39 is 5.66 Å². The number of carbonyl (C=O) groups excluding carboxylic acids is 1. The summed E-state index contributed by atoms with van der Waals surface area (Å²) in [5, 5.41) is 6.38. The van der Waals surface area contributed by atoms with Crippen LogP contribution in [0.15, 0.2) is 60.7 Å². The zero-order valence-corrected chi connectivity index (χ0v) is 13.4. The number of rotatable bonds is 4. The molecule has 3 rings (SSSR count). The molecule has 1 aliphatic heterocycles. The van der Waals surface area contributed by atoms with Crippen molar-refractivity contribution in [1.82, 2.24) is 10.6 Å². The molecule has 1 saturated heterocycles. The van der Waals surface area contributed by atoms with Gasteiger partial charge in [-0.2, -0.15) is 0 Å². The van der Waals surface area contributed by atoms with Gasteiger partial charge in [0, 0.05) is 11.4 Å². The predicted molar refractivity (Wildman–Crippen MR) is 92.0 cm³/mol. The zero-order valence-electron chi connectivity index (χ0n) is 12.6. The molecule has 2 aromatic carbocycles. The Labute approximate surface area is 134 Å². The molecule has 5 heteroatoms. The first-order chi connectivity index (χ1) is 10.6. The molecule has 0 aliphatic carbocycles. The topological polar surface area (TPSA) is 44.4 Å². The van der Waals surface area contributed by atoms with Crippen molar-refractivity contribution in [2.24, 2.45) is 0 Å². The van der Waals surface area contributed by atoms with Crippen molar-refractivity contribution in [2.75, 3.05) is 11.2 Å². The molecule has 0 spiro atoms. The van der Waals surface area contributed by atoms with Crippen LogP contribution < -0.4 is 15.5 Å². The minimum Gasteiger partial charge on any atom is -0.328 e. The van der Waals surface area contributed by atoms with Crippen molar-refractivity contribution in [3.05, 3.63) is 60.7 Å². The van der Waals surface area contributed by atoms with E-state index in [0.29, 0.717) is 0 Å². The van der Waals surface area contributed by atoms with Gasteiger partial charge in [-0.05, 0) is 37.4 Å². The van der Waals surface area contributed by atoms with E-state index in [-0.39, 0.29) is 11.4 Å². The minimum atomic E-state index is -0.837. The lowest BCUT2D eigenvalue weighted by Crippen LogP contribution is -2.57. The number of benzene rings is 2. The highest BCUT2D eigenvalue weighted by molar-refractivity contribution is 7.99. The van der Waals surface area contributed by atoms with Crippen LogP contribution in [0.1, 0.15) is 6.92 Å². The molecule has 2 N–H and O–H groups in total. The fraction of sp³-hybridized carbons (Fsp3) is 0.235. The highest BCUT2D eigenvalue weighted by atomic mass is 32.2. The van der Waals surface area contributed by atoms with Crippen molar-refractivity contribution in [1.29, 1.82) is 0 Å². The van der Waals surface area contributed by atoms with Crippen LogP contribution in [0.3, 0.4) is 0 Å². The number of carbonyl (C=O) groups is 1. The average Bonchev–Trinajstić information content (AvgIpc) is 2.85. The third kappa shape index (κ3) is 2.58. The van der Waals surface area contributed by atoms with Crippen molar-refractivity contribution in [2.45, 2.75) is 18.1 Å². The Morgan fingerprint density at radius 3 is 1.91 bits per heavy atom. The molecule has 0 aromatic heterocycles. The lowest BCUT2D eigenvalue weighted by atomic mass is 10.1. The maximum atomic E-state index is 12.6. The Kier molecular flexibility index (Phi) is 4.09. The SMILES string of the molecule is CSC1NC(=O)C(C)(N(c2ccccc2)c2ccccc2)N1. The molecule has 1 aliphatic rings. The minimum absolute atomic E-state index is 0.0282. The predicted octanol–water partition coefficient (Wildman–Crippen LogP) is 2.91. The summed E-state index contributed by atoms with van der Waals surface area (Å²) in [6, 6.07) is 19.9. The summed E-state index contributed by atoms with van der Waals surface area (Å²) < 4.78 is 0. The van der Waals surface area contributed by atoms with Crippen molar-refractivity contribution < 1.29 is 4.79 Å². The maximum absolute atomic E-state index is 12.6. The molecule has 2 atom stereocenters. The normalized spacial score (nSPS) is 24.1. The van der Waals surface area contributed by atoms with E-state index in [2.05, 4.69) is 10.6 Å². The third-order valence-corrected chi connectivity index (χ3v) is 4.54. The maximum Gasteiger partial charge on any atom is 0.263 e. The molecule has 22 heavy (non-hydrogen) atoms. The Morgan fingerprint density at radius 1 is 1.00 bits per heavy atom. The molecule has 0 radical (unpaired) electrons. The van der Waals surface area contributed by atoms with E-state index in [4.69, 9.17) is 0 Å². The van der Waals surface area contributed by atoms with Gasteiger partial charge in [0.2, 0.25) is 0 Å². The highest BCUT2D eigenvalue weighted by Gasteiger charge is 2.47. The van der Waals surface area contributed by atoms with Crippen molar-refractivity contribution >= 4 is 29.0 Å². The largest absolute Gasteiger partial charge is 0.328 e. The Balaban J connectivity index is 2.09. The highest BCUT2D eigenvalue weighted by Crippen LogP contribution is 2.34. The van der Waals surface area contributed by atoms with Crippen LogP contribution in [0.4, 0.5) is 11.4 Å². The van der Waals surface area contributed by atoms with Gasteiger partial charge in [-0.15, -0.1) is 11.8 Å². The van der Waals surface area contributed by atoms with Crippen LogP contribution in [-0.2, 0) is 4.79 Å². The average molecular weight is 313 g/mol. The van der Waals surface area contributed by atoms with E-state index in [1.807, 2.05) is 78.7 Å². The van der Waals surface area contributed by atoms with E-state index in [9.17, 15) is 4.79 Å². The summed E-state index contributed by atoms with van der Waals surface area (Å²) in [6.45, 7) is 1.92. The van der Waals surface area contributed by atoms with Gasteiger partial charge in [-0.3, -0.25) is 10.1 Å². The molecule has 0 saturated carbocycles. The van der Waals surface area contributed by atoms with Crippen LogP contribution in [0.2, 0.25) is 0 Å². The lowest BCUT2D eigenvalue weighted by Gasteiger charge is -2.38. The van der Waals surface area contributed by atoms with Crippen molar-refractivity contribution in [3.63, 3.8) is 0 Å². The van der Waals surface area contributed by atoms with E-state index in [0.717, 1.165) is 11.4 Å². The molecule has 1 heterocycles. The molecule has 1 amide bonds. The summed E-state index contributed by atoms with van der Waals surface area (Å²) in [5.74, 6) is -0.0282. The summed E-state index contributed by atoms with van der Waals surface area (Å²) in [5.41, 5.74) is 1.02. The molecule has 1 fully saturated rings. The van der Waals surface area contributed by atoms with Gasteiger partial charge in [0.25, 0.3) is 5.91 Å². The smallest absolute Gasteiger partial charge is 0.263 e. The number of anilines is 2. The molecular formula is C17H19N3OS. The van der Waals surface area contributed by atoms with Gasteiger partial charge < -0.3 is 10.2 Å². The first-order valence-electron chi connectivity index (χ1n) is 7.17. The molecular weight excluding hydrogens is 294 g/mol. The van der Waals surface area contributed by atoms with Gasteiger partial charge in [0.05, 0.1) is 0 Å². The second-order valence-corrected chi connectivity index (χ2v) is 6.26. The van der Waals surface area contributed by atoms with Gasteiger partial charge >= 0.3 is 0 Å². The third-order valence-electron chi connectivity index (χ3n) is 3.83. The quantitative estimate of drug-likeness (QED) is 0.911. The van der Waals surface area contributed by atoms with E-state index in [1.54, 1.807) is 11.8 Å². The zero-order chi connectivity index (χ0) is 15.6. The Hall–Kier alpha value is -1.98. The molecule has 2 aromatic rings. The molecule has 114 valence electrons. The number of hydrogen-bond acceptors (Lipinski definition) is 4. The van der Waals surface area contributed by atoms with Gasteiger partial charge in [0.15, 0.2) is 5.66 Å². The van der Waals surface area contributed by atoms with E-state index in [1.165, 1.54) is 0 Å². The second kappa shape index (κ2) is 6.02. The van der Waals surface area contributed by atoms with Crippen LogP contribution in [0, 0.1) is 0 Å². The fourth-order valence-corrected chi connectivity index (χ4v) is 3.29. The van der Waals surface area contributed by atoms with Gasteiger partial charge in [-0.25, -0.2) is 0 Å². The summed E-state index contributed by atoms with van der Waals surface area (Å²) in [7, 11) is 0. The Morgan fingerprint density at radius 2 is 1.50 bits per heavy atom. The number of amides is 1. The molecule has 2 unspecified atom stereocenters. The number of thioether (sulfide) groups is 1. The van der Waals surface area contributed by atoms with E-state index >= 15 is 0 Å². The molecule has 4 nitrogen and oxygen atoms in total. The number of hydrogen-bond donors (Lipinski definition) is 2. The first-order valence-corrected chi connectivity index (χ1v) is 8.46.